The maximum absolute atomic E-state index is 12.1. The Balaban J connectivity index is 1.58. The highest BCUT2D eigenvalue weighted by atomic mass is 79.9. The van der Waals surface area contributed by atoms with Gasteiger partial charge in [-0.05, 0) is 65.7 Å². The number of nitro benzene ring substituents is 1. The van der Waals surface area contributed by atoms with E-state index in [9.17, 15) is 14.9 Å². The summed E-state index contributed by atoms with van der Waals surface area (Å²) in [4.78, 5) is 31.0. The van der Waals surface area contributed by atoms with E-state index in [-0.39, 0.29) is 24.0 Å². The number of methoxy groups -OCH3 is 1. The van der Waals surface area contributed by atoms with Crippen molar-refractivity contribution in [3.63, 3.8) is 0 Å². The van der Waals surface area contributed by atoms with Gasteiger partial charge in [0.15, 0.2) is 16.7 Å². The van der Waals surface area contributed by atoms with Crippen molar-refractivity contribution < 1.29 is 19.2 Å². The number of ether oxygens (including phenoxy) is 2. The van der Waals surface area contributed by atoms with E-state index < -0.39 is 4.92 Å². The number of nitrogens with one attached hydrogen (secondary N) is 1. The molecule has 1 amide bonds. The van der Waals surface area contributed by atoms with Crippen LogP contribution in [0, 0.1) is 24.0 Å². The van der Waals surface area contributed by atoms with Gasteiger partial charge < -0.3 is 9.47 Å². The number of benzene rings is 2. The zero-order valence-corrected chi connectivity index (χ0v) is 21.6. The fourth-order valence-corrected chi connectivity index (χ4v) is 4.06. The number of nitro groups is 1. The summed E-state index contributed by atoms with van der Waals surface area (Å²) in [6, 6.07) is 11.4. The first-order chi connectivity index (χ1) is 16.7. The van der Waals surface area contributed by atoms with E-state index in [1.807, 2.05) is 19.9 Å². The van der Waals surface area contributed by atoms with Gasteiger partial charge in [-0.15, -0.1) is 0 Å². The molecule has 12 heteroatoms. The highest BCUT2D eigenvalue weighted by Gasteiger charge is 2.11. The molecule has 0 unspecified atom stereocenters. The van der Waals surface area contributed by atoms with Gasteiger partial charge in [0.2, 0.25) is 0 Å². The Kier molecular flexibility index (Phi) is 9.15. The minimum Gasteiger partial charge on any atom is -0.493 e. The van der Waals surface area contributed by atoms with E-state index in [0.717, 1.165) is 17.0 Å². The van der Waals surface area contributed by atoms with Crippen molar-refractivity contribution in [3.8, 4) is 11.5 Å². The van der Waals surface area contributed by atoms with Crippen LogP contribution in [0.15, 0.2) is 57.2 Å². The fraction of sp³-hybridized carbons (Fsp3) is 0.217. The van der Waals surface area contributed by atoms with Crippen molar-refractivity contribution in [1.29, 1.82) is 0 Å². The Morgan fingerprint density at radius 2 is 1.86 bits per heavy atom. The Bertz CT molecular complexity index is 1230. The average Bonchev–Trinajstić information content (AvgIpc) is 2.82. The molecule has 3 rings (SSSR count). The number of hydrogen-bond acceptors (Lipinski definition) is 9. The first kappa shape index (κ1) is 26.1. The molecule has 182 valence electrons. The third-order valence-electron chi connectivity index (χ3n) is 4.51. The molecule has 1 aromatic heterocycles. The number of thioether (sulfide) groups is 1. The van der Waals surface area contributed by atoms with Gasteiger partial charge >= 0.3 is 0 Å². The molecule has 0 spiro atoms. The molecule has 0 atom stereocenters. The lowest BCUT2D eigenvalue weighted by Crippen LogP contribution is -2.19. The van der Waals surface area contributed by atoms with Crippen LogP contribution in [-0.4, -0.2) is 39.9 Å². The summed E-state index contributed by atoms with van der Waals surface area (Å²) in [6.07, 6.45) is 1.49. The zero-order chi connectivity index (χ0) is 25.4. The molecule has 0 aliphatic rings. The van der Waals surface area contributed by atoms with Crippen molar-refractivity contribution in [2.45, 2.75) is 25.6 Å². The van der Waals surface area contributed by atoms with Crippen LogP contribution >= 0.6 is 27.7 Å². The third-order valence-corrected chi connectivity index (χ3v) is 6.05. The number of rotatable bonds is 10. The molecule has 0 fully saturated rings. The molecule has 0 radical (unpaired) electrons. The van der Waals surface area contributed by atoms with Crippen LogP contribution in [0.2, 0.25) is 0 Å². The van der Waals surface area contributed by atoms with Crippen LogP contribution in [0.1, 0.15) is 22.5 Å². The van der Waals surface area contributed by atoms with Crippen LogP contribution in [-0.2, 0) is 11.4 Å². The molecule has 3 aromatic rings. The lowest BCUT2D eigenvalue weighted by Gasteiger charge is -2.12. The summed E-state index contributed by atoms with van der Waals surface area (Å²) in [5.74, 6) is 0.773. The highest BCUT2D eigenvalue weighted by Crippen LogP contribution is 2.33. The molecule has 0 saturated carbocycles. The Morgan fingerprint density at radius 3 is 2.49 bits per heavy atom. The number of non-ortho nitro benzene ring substituents is 1. The quantitative estimate of drug-likeness (QED) is 0.125. The number of hydrogen-bond donors (Lipinski definition) is 1. The van der Waals surface area contributed by atoms with Gasteiger partial charge in [0.25, 0.3) is 11.6 Å². The van der Waals surface area contributed by atoms with Gasteiger partial charge in [-0.25, -0.2) is 15.4 Å². The number of amides is 1. The largest absolute Gasteiger partial charge is 0.493 e. The van der Waals surface area contributed by atoms with Gasteiger partial charge in [-0.1, -0.05) is 11.8 Å². The van der Waals surface area contributed by atoms with Crippen molar-refractivity contribution in [2.75, 3.05) is 12.9 Å². The molecule has 0 aliphatic heterocycles. The molecule has 2 aromatic carbocycles. The number of aryl methyl sites for hydroxylation is 2. The summed E-state index contributed by atoms with van der Waals surface area (Å²) in [5.41, 5.74) is 5.62. The van der Waals surface area contributed by atoms with Gasteiger partial charge in [0.05, 0.1) is 24.0 Å². The van der Waals surface area contributed by atoms with Crippen LogP contribution < -0.4 is 14.9 Å². The van der Waals surface area contributed by atoms with E-state index in [0.29, 0.717) is 26.7 Å². The second kappa shape index (κ2) is 12.3. The summed E-state index contributed by atoms with van der Waals surface area (Å²) in [6.45, 7) is 3.95. The molecule has 0 saturated heterocycles. The normalized spacial score (nSPS) is 10.9. The smallest absolute Gasteiger partial charge is 0.269 e. The van der Waals surface area contributed by atoms with E-state index in [1.165, 1.54) is 37.2 Å². The van der Waals surface area contributed by atoms with Crippen LogP contribution in [0.25, 0.3) is 0 Å². The number of halogens is 1. The summed E-state index contributed by atoms with van der Waals surface area (Å²) in [7, 11) is 1.51. The van der Waals surface area contributed by atoms with Crippen molar-refractivity contribution in [3.05, 3.63) is 79.6 Å². The standard InChI is InChI=1S/C23H22BrN5O5S/c1-14-8-15(2)27-23(26-14)35-13-22(30)28-25-11-17-9-20(33-3)21(10-19(17)24)34-12-16-4-6-18(7-5-16)29(31)32/h4-11H,12-13H2,1-3H3,(H,28,30)/b25-11-. The monoisotopic (exact) mass is 559 g/mol. The van der Waals surface area contributed by atoms with Crippen LogP contribution in [0.5, 0.6) is 11.5 Å². The summed E-state index contributed by atoms with van der Waals surface area (Å²) < 4.78 is 11.9. The molecular weight excluding hydrogens is 538 g/mol. The number of carbonyl (C=O) groups excluding carboxylic acids is 1. The summed E-state index contributed by atoms with van der Waals surface area (Å²) >= 11 is 4.70. The van der Waals surface area contributed by atoms with Crippen molar-refractivity contribution >= 4 is 45.5 Å². The SMILES string of the molecule is COc1cc(/C=N\NC(=O)CSc2nc(C)cc(C)n2)c(Br)cc1OCc1ccc([N+](=O)[O-])cc1. The maximum atomic E-state index is 12.1. The topological polar surface area (TPSA) is 129 Å². The Morgan fingerprint density at radius 1 is 1.17 bits per heavy atom. The van der Waals surface area contributed by atoms with Gasteiger partial charge in [-0.3, -0.25) is 14.9 Å². The Hall–Kier alpha value is -3.51. The lowest BCUT2D eigenvalue weighted by molar-refractivity contribution is -0.384. The maximum Gasteiger partial charge on any atom is 0.269 e. The van der Waals surface area contributed by atoms with Crippen LogP contribution in [0.4, 0.5) is 5.69 Å². The lowest BCUT2D eigenvalue weighted by atomic mass is 10.2. The van der Waals surface area contributed by atoms with E-state index in [2.05, 4.69) is 36.4 Å². The molecule has 1 N–H and O–H groups in total. The zero-order valence-electron chi connectivity index (χ0n) is 19.1. The van der Waals surface area contributed by atoms with E-state index in [4.69, 9.17) is 9.47 Å². The van der Waals surface area contributed by atoms with Crippen LogP contribution in [0.3, 0.4) is 0 Å². The van der Waals surface area contributed by atoms with E-state index in [1.54, 1.807) is 24.3 Å². The number of hydrazone groups is 1. The first-order valence-corrected chi connectivity index (χ1v) is 12.0. The first-order valence-electron chi connectivity index (χ1n) is 10.3. The minimum absolute atomic E-state index is 0.0157. The molecule has 10 nitrogen and oxygen atoms in total. The molecule has 1 heterocycles. The fourth-order valence-electron chi connectivity index (χ4n) is 2.89. The predicted molar refractivity (Wildman–Crippen MR) is 136 cm³/mol. The number of carbonyl (C=O) groups is 1. The second-order valence-corrected chi connectivity index (χ2v) is 9.05. The third kappa shape index (κ3) is 7.76. The molecule has 0 aliphatic carbocycles. The van der Waals surface area contributed by atoms with E-state index >= 15 is 0 Å². The van der Waals surface area contributed by atoms with Gasteiger partial charge in [-0.2, -0.15) is 5.10 Å². The Labute approximate surface area is 214 Å². The van der Waals surface area contributed by atoms with Crippen molar-refractivity contribution in [1.82, 2.24) is 15.4 Å². The summed E-state index contributed by atoms with van der Waals surface area (Å²) in [5, 5.41) is 15.3. The minimum atomic E-state index is -0.453. The number of aromatic nitrogens is 2. The number of nitrogens with zero attached hydrogens (tertiary/aromatic N) is 4. The second-order valence-electron chi connectivity index (χ2n) is 7.25. The average molecular weight is 560 g/mol. The van der Waals surface area contributed by atoms with Gasteiger partial charge in [0, 0.05) is 33.6 Å². The van der Waals surface area contributed by atoms with Crippen molar-refractivity contribution in [2.24, 2.45) is 5.10 Å². The molecular formula is C23H22BrN5O5S. The predicted octanol–water partition coefficient (Wildman–Crippen LogP) is 4.59. The molecule has 0 bridgehead atoms. The molecule has 35 heavy (non-hydrogen) atoms. The van der Waals surface area contributed by atoms with Gasteiger partial charge in [0.1, 0.15) is 6.61 Å². The highest BCUT2D eigenvalue weighted by molar-refractivity contribution is 9.10.